The van der Waals surface area contributed by atoms with Gasteiger partial charge in [-0.25, -0.2) is 4.68 Å². The lowest BCUT2D eigenvalue weighted by Gasteiger charge is -2.05. The molecular formula is C10H12N6S. The van der Waals surface area contributed by atoms with Gasteiger partial charge in [0.25, 0.3) is 0 Å². The molecule has 7 heteroatoms. The van der Waals surface area contributed by atoms with Crippen LogP contribution in [0.1, 0.15) is 24.4 Å². The molecule has 2 aromatic rings. The predicted molar refractivity (Wildman–Crippen MR) is 62.3 cm³/mol. The van der Waals surface area contributed by atoms with E-state index in [4.69, 9.17) is 5.73 Å². The van der Waals surface area contributed by atoms with Crippen LogP contribution in [0.25, 0.3) is 0 Å². The van der Waals surface area contributed by atoms with Gasteiger partial charge in [-0.3, -0.25) is 4.98 Å². The fourth-order valence-corrected chi connectivity index (χ4v) is 2.52. The molecule has 0 amide bonds. The van der Waals surface area contributed by atoms with Crippen molar-refractivity contribution in [3.8, 4) is 0 Å². The molecule has 88 valence electrons. The maximum Gasteiger partial charge on any atom is 0.214 e. The highest BCUT2D eigenvalue weighted by Crippen LogP contribution is 2.38. The summed E-state index contributed by atoms with van der Waals surface area (Å²) in [7, 11) is 0. The molecule has 2 aromatic heterocycles. The Labute approximate surface area is 103 Å². The highest BCUT2D eigenvalue weighted by molar-refractivity contribution is 7.99. The van der Waals surface area contributed by atoms with Crippen molar-refractivity contribution < 1.29 is 0 Å². The van der Waals surface area contributed by atoms with Gasteiger partial charge < -0.3 is 5.73 Å². The second-order valence-electron chi connectivity index (χ2n) is 3.93. The normalized spacial score (nSPS) is 15.1. The Morgan fingerprint density at radius 1 is 1.47 bits per heavy atom. The molecule has 2 N–H and O–H groups in total. The molecule has 17 heavy (non-hydrogen) atoms. The lowest BCUT2D eigenvalue weighted by molar-refractivity contribution is 0.565. The average Bonchev–Trinajstić information content (AvgIpc) is 3.11. The van der Waals surface area contributed by atoms with Gasteiger partial charge in [-0.05, 0) is 46.7 Å². The van der Waals surface area contributed by atoms with Gasteiger partial charge in [-0.2, -0.15) is 0 Å². The van der Waals surface area contributed by atoms with Gasteiger partial charge in [0.2, 0.25) is 5.16 Å². The summed E-state index contributed by atoms with van der Waals surface area (Å²) in [6.07, 6.45) is 5.87. The Balaban J connectivity index is 1.88. The second kappa shape index (κ2) is 4.42. The van der Waals surface area contributed by atoms with Crippen LogP contribution in [0.2, 0.25) is 0 Å². The van der Waals surface area contributed by atoms with E-state index in [9.17, 15) is 0 Å². The standard InChI is InChI=1S/C10H12N6S/c11-5-7-3-4-12-6-9(7)17-10-13-14-15-16(10)8-1-2-8/h3-4,6,8H,1-2,5,11H2. The van der Waals surface area contributed by atoms with Crippen LogP contribution >= 0.6 is 11.8 Å². The number of hydrogen-bond acceptors (Lipinski definition) is 6. The van der Waals surface area contributed by atoms with Crippen molar-refractivity contribution in [2.24, 2.45) is 5.73 Å². The molecule has 6 nitrogen and oxygen atoms in total. The summed E-state index contributed by atoms with van der Waals surface area (Å²) in [4.78, 5) is 5.13. The molecule has 0 aromatic carbocycles. The molecular weight excluding hydrogens is 236 g/mol. The summed E-state index contributed by atoms with van der Waals surface area (Å²) in [5, 5.41) is 12.6. The molecule has 0 aliphatic heterocycles. The first kappa shape index (κ1) is 10.7. The summed E-state index contributed by atoms with van der Waals surface area (Å²) in [6, 6.07) is 2.40. The molecule has 2 heterocycles. The van der Waals surface area contributed by atoms with Crippen LogP contribution in [0.3, 0.4) is 0 Å². The Bertz CT molecular complexity index is 521. The summed E-state index contributed by atoms with van der Waals surface area (Å²) >= 11 is 1.52. The van der Waals surface area contributed by atoms with Crippen molar-refractivity contribution in [1.29, 1.82) is 0 Å². The van der Waals surface area contributed by atoms with Gasteiger partial charge in [-0.15, -0.1) is 5.10 Å². The Kier molecular flexibility index (Phi) is 2.77. The van der Waals surface area contributed by atoms with Crippen LogP contribution in [0.4, 0.5) is 0 Å². The third-order valence-electron chi connectivity index (χ3n) is 2.65. The van der Waals surface area contributed by atoms with Crippen molar-refractivity contribution in [1.82, 2.24) is 25.2 Å². The SMILES string of the molecule is NCc1ccncc1Sc1nnnn1C1CC1. The smallest absolute Gasteiger partial charge is 0.214 e. The molecule has 0 radical (unpaired) electrons. The van der Waals surface area contributed by atoms with E-state index in [0.717, 1.165) is 28.5 Å². The van der Waals surface area contributed by atoms with Gasteiger partial charge in [-0.1, -0.05) is 0 Å². The van der Waals surface area contributed by atoms with Crippen LogP contribution in [0.15, 0.2) is 28.5 Å². The van der Waals surface area contributed by atoms with Crippen molar-refractivity contribution in [3.05, 3.63) is 24.0 Å². The van der Waals surface area contributed by atoms with E-state index in [2.05, 4.69) is 20.5 Å². The van der Waals surface area contributed by atoms with Crippen molar-refractivity contribution in [2.75, 3.05) is 0 Å². The zero-order valence-corrected chi connectivity index (χ0v) is 9.97. The van der Waals surface area contributed by atoms with Crippen LogP contribution in [-0.2, 0) is 6.54 Å². The minimum absolute atomic E-state index is 0.477. The largest absolute Gasteiger partial charge is 0.326 e. The average molecular weight is 248 g/mol. The van der Waals surface area contributed by atoms with Gasteiger partial charge in [0.15, 0.2) is 0 Å². The maximum atomic E-state index is 5.69. The number of hydrogen-bond donors (Lipinski definition) is 1. The molecule has 0 saturated heterocycles. The Hall–Kier alpha value is -1.47. The number of nitrogens with zero attached hydrogens (tertiary/aromatic N) is 5. The Morgan fingerprint density at radius 3 is 3.12 bits per heavy atom. The molecule has 1 fully saturated rings. The van der Waals surface area contributed by atoms with Gasteiger partial charge >= 0.3 is 0 Å². The topological polar surface area (TPSA) is 82.5 Å². The van der Waals surface area contributed by atoms with E-state index in [-0.39, 0.29) is 0 Å². The first-order valence-electron chi connectivity index (χ1n) is 5.47. The second-order valence-corrected chi connectivity index (χ2v) is 4.94. The van der Waals surface area contributed by atoms with Gasteiger partial charge in [0.05, 0.1) is 6.04 Å². The zero-order chi connectivity index (χ0) is 11.7. The quantitative estimate of drug-likeness (QED) is 0.869. The number of aromatic nitrogens is 5. The fraction of sp³-hybridized carbons (Fsp3) is 0.400. The molecule has 1 saturated carbocycles. The van der Waals surface area contributed by atoms with Crippen LogP contribution in [0, 0.1) is 0 Å². The number of nitrogens with two attached hydrogens (primary N) is 1. The fourth-order valence-electron chi connectivity index (χ4n) is 1.57. The highest BCUT2D eigenvalue weighted by Gasteiger charge is 2.28. The summed E-state index contributed by atoms with van der Waals surface area (Å²) < 4.78 is 1.89. The molecule has 0 atom stereocenters. The van der Waals surface area contributed by atoms with Crippen LogP contribution in [-0.4, -0.2) is 25.2 Å². The predicted octanol–water partition coefficient (Wildman–Crippen LogP) is 1.01. The van der Waals surface area contributed by atoms with E-state index in [0.29, 0.717) is 12.6 Å². The third kappa shape index (κ3) is 2.16. The van der Waals surface area contributed by atoms with Crippen LogP contribution in [0.5, 0.6) is 0 Å². The minimum Gasteiger partial charge on any atom is -0.326 e. The summed E-state index contributed by atoms with van der Waals surface area (Å²) in [6.45, 7) is 0.496. The number of pyridine rings is 1. The third-order valence-corrected chi connectivity index (χ3v) is 3.69. The number of tetrazole rings is 1. The van der Waals surface area contributed by atoms with E-state index < -0.39 is 0 Å². The van der Waals surface area contributed by atoms with Crippen molar-refractivity contribution >= 4 is 11.8 Å². The van der Waals surface area contributed by atoms with E-state index in [1.807, 2.05) is 10.7 Å². The highest BCUT2D eigenvalue weighted by atomic mass is 32.2. The van der Waals surface area contributed by atoms with Gasteiger partial charge in [0.1, 0.15) is 0 Å². The molecule has 0 spiro atoms. The van der Waals surface area contributed by atoms with Crippen LogP contribution < -0.4 is 5.73 Å². The summed E-state index contributed by atoms with van der Waals surface area (Å²) in [5.41, 5.74) is 6.76. The minimum atomic E-state index is 0.477. The van der Waals surface area contributed by atoms with E-state index >= 15 is 0 Å². The summed E-state index contributed by atoms with van der Waals surface area (Å²) in [5.74, 6) is 0. The molecule has 1 aliphatic carbocycles. The maximum absolute atomic E-state index is 5.69. The molecule has 3 rings (SSSR count). The lowest BCUT2D eigenvalue weighted by Crippen LogP contribution is -2.01. The van der Waals surface area contributed by atoms with E-state index in [1.165, 1.54) is 11.8 Å². The number of rotatable bonds is 4. The molecule has 0 unspecified atom stereocenters. The van der Waals surface area contributed by atoms with E-state index in [1.54, 1.807) is 12.4 Å². The van der Waals surface area contributed by atoms with Gasteiger partial charge in [0, 0.05) is 23.8 Å². The van der Waals surface area contributed by atoms with Crippen molar-refractivity contribution in [2.45, 2.75) is 35.5 Å². The zero-order valence-electron chi connectivity index (χ0n) is 9.15. The molecule has 1 aliphatic rings. The first-order valence-corrected chi connectivity index (χ1v) is 6.29. The Morgan fingerprint density at radius 2 is 2.35 bits per heavy atom. The lowest BCUT2D eigenvalue weighted by atomic mass is 10.3. The monoisotopic (exact) mass is 248 g/mol. The molecule has 0 bridgehead atoms. The van der Waals surface area contributed by atoms with Crippen molar-refractivity contribution in [3.63, 3.8) is 0 Å². The first-order chi connectivity index (χ1) is 8.38.